The van der Waals surface area contributed by atoms with Crippen LogP contribution in [0.4, 0.5) is 0 Å². The SMILES string of the molecule is CCCCC[CH2][Mo][P](c1ccccc1)c1ccccc1. The summed E-state index contributed by atoms with van der Waals surface area (Å²) in [5.41, 5.74) is 0. The second kappa shape index (κ2) is 9.49. The average molecular weight is 366 g/mol. The van der Waals surface area contributed by atoms with Crippen LogP contribution in [0.5, 0.6) is 0 Å². The van der Waals surface area contributed by atoms with E-state index in [1.807, 2.05) is 0 Å². The van der Waals surface area contributed by atoms with Gasteiger partial charge >= 0.3 is 133 Å². The molecule has 0 atom stereocenters. The van der Waals surface area contributed by atoms with Crippen LogP contribution in [-0.2, 0) is 18.1 Å². The van der Waals surface area contributed by atoms with Crippen molar-refractivity contribution in [3.63, 3.8) is 0 Å². The van der Waals surface area contributed by atoms with Gasteiger partial charge in [0.25, 0.3) is 0 Å². The van der Waals surface area contributed by atoms with Gasteiger partial charge in [0.2, 0.25) is 0 Å². The van der Waals surface area contributed by atoms with Crippen LogP contribution >= 0.6 is 6.01 Å². The van der Waals surface area contributed by atoms with Crippen molar-refractivity contribution in [2.45, 2.75) is 37.4 Å². The van der Waals surface area contributed by atoms with Gasteiger partial charge in [-0.2, -0.15) is 0 Å². The zero-order chi connectivity index (χ0) is 14.0. The molecular formula is C18H23MoP. The van der Waals surface area contributed by atoms with Crippen LogP contribution in [0, 0.1) is 0 Å². The molecule has 0 aliphatic carbocycles. The van der Waals surface area contributed by atoms with Crippen molar-refractivity contribution in [2.75, 3.05) is 0 Å². The summed E-state index contributed by atoms with van der Waals surface area (Å²) >= 11 is 0.0527. The average Bonchev–Trinajstić information content (AvgIpc) is 2.53. The van der Waals surface area contributed by atoms with E-state index in [4.69, 9.17) is 0 Å². The fourth-order valence-corrected chi connectivity index (χ4v) is 10.7. The van der Waals surface area contributed by atoms with Gasteiger partial charge < -0.3 is 0 Å². The standard InChI is InChI=1S/C12H10P.C6H13.Mo/c1-3-7-11(8-4-1)13-12-9-5-2-6-10-12;1-3-5-6-4-2;/h1-10H;1,3-6H2,2H3;/q-1;;+1. The quantitative estimate of drug-likeness (QED) is 0.346. The molecule has 0 nitrogen and oxygen atoms in total. The zero-order valence-electron chi connectivity index (χ0n) is 12.2. The Morgan fingerprint density at radius 3 is 1.80 bits per heavy atom. The molecule has 2 rings (SSSR count). The molecule has 106 valence electrons. The summed E-state index contributed by atoms with van der Waals surface area (Å²) in [7, 11) is 0. The van der Waals surface area contributed by atoms with Gasteiger partial charge in [-0.15, -0.1) is 0 Å². The number of unbranched alkanes of at least 4 members (excludes halogenated alkanes) is 3. The van der Waals surface area contributed by atoms with E-state index in [-0.39, 0.29) is 24.1 Å². The van der Waals surface area contributed by atoms with Crippen LogP contribution in [0.1, 0.15) is 32.6 Å². The van der Waals surface area contributed by atoms with Gasteiger partial charge in [-0.3, -0.25) is 0 Å². The number of hydrogen-bond acceptors (Lipinski definition) is 0. The number of hydrogen-bond donors (Lipinski definition) is 0. The van der Waals surface area contributed by atoms with E-state index in [1.54, 1.807) is 10.6 Å². The van der Waals surface area contributed by atoms with E-state index in [0.717, 1.165) is 0 Å². The summed E-state index contributed by atoms with van der Waals surface area (Å²) in [4.78, 5) is 1.49. The van der Waals surface area contributed by atoms with Crippen LogP contribution in [-0.4, -0.2) is 0 Å². The summed E-state index contributed by atoms with van der Waals surface area (Å²) in [5.74, 6) is 0. The monoisotopic (exact) mass is 368 g/mol. The van der Waals surface area contributed by atoms with E-state index in [9.17, 15) is 0 Å². The van der Waals surface area contributed by atoms with Crippen LogP contribution < -0.4 is 10.6 Å². The van der Waals surface area contributed by atoms with Crippen LogP contribution in [0.3, 0.4) is 0 Å². The third kappa shape index (κ3) is 5.16. The van der Waals surface area contributed by atoms with Gasteiger partial charge in [0.1, 0.15) is 0 Å². The topological polar surface area (TPSA) is 0 Å². The van der Waals surface area contributed by atoms with Gasteiger partial charge in [-0.05, 0) is 0 Å². The Kier molecular flexibility index (Phi) is 7.56. The fourth-order valence-electron chi connectivity index (χ4n) is 2.11. The second-order valence-electron chi connectivity index (χ2n) is 4.86. The molecule has 0 saturated carbocycles. The Balaban J connectivity index is 2.02. The maximum atomic E-state index is 2.33. The predicted molar refractivity (Wildman–Crippen MR) is 88.0 cm³/mol. The fraction of sp³-hybridized carbons (Fsp3) is 0.333. The van der Waals surface area contributed by atoms with E-state index in [1.165, 1.54) is 30.5 Å². The van der Waals surface area contributed by atoms with Crippen LogP contribution in [0.2, 0.25) is 4.81 Å². The van der Waals surface area contributed by atoms with E-state index in [0.29, 0.717) is 0 Å². The first kappa shape index (κ1) is 15.9. The molecule has 0 aliphatic heterocycles. The molecule has 0 heterocycles. The third-order valence-electron chi connectivity index (χ3n) is 3.20. The Bertz CT molecular complexity index is 430. The molecule has 2 heteroatoms. The first-order valence-electron chi connectivity index (χ1n) is 7.45. The second-order valence-corrected chi connectivity index (χ2v) is 12.3. The molecule has 0 amide bonds. The summed E-state index contributed by atoms with van der Waals surface area (Å²) < 4.78 is 0. The van der Waals surface area contributed by atoms with Crippen molar-refractivity contribution in [3.8, 4) is 0 Å². The first-order valence-corrected chi connectivity index (χ1v) is 12.8. The summed E-state index contributed by atoms with van der Waals surface area (Å²) in [5, 5.41) is 3.15. The molecule has 0 aromatic heterocycles. The van der Waals surface area contributed by atoms with Crippen LogP contribution in [0.25, 0.3) is 0 Å². The molecule has 0 bridgehead atoms. The normalized spacial score (nSPS) is 10.9. The minimum atomic E-state index is -0.0418. The Morgan fingerprint density at radius 1 is 0.750 bits per heavy atom. The third-order valence-corrected chi connectivity index (χ3v) is 12.2. The van der Waals surface area contributed by atoms with Gasteiger partial charge in [0.05, 0.1) is 0 Å². The summed E-state index contributed by atoms with van der Waals surface area (Å²) in [6, 6.07) is 22.3. The van der Waals surface area contributed by atoms with Crippen molar-refractivity contribution in [1.82, 2.24) is 0 Å². The van der Waals surface area contributed by atoms with E-state index in [2.05, 4.69) is 67.6 Å². The van der Waals surface area contributed by atoms with Gasteiger partial charge in [-0.25, -0.2) is 0 Å². The first-order chi connectivity index (χ1) is 9.92. The number of benzene rings is 2. The Hall–Kier alpha value is -0.442. The molecule has 20 heavy (non-hydrogen) atoms. The molecule has 0 N–H and O–H groups in total. The van der Waals surface area contributed by atoms with Crippen molar-refractivity contribution in [1.29, 1.82) is 0 Å². The van der Waals surface area contributed by atoms with Gasteiger partial charge in [0.15, 0.2) is 0 Å². The van der Waals surface area contributed by atoms with Gasteiger partial charge in [-0.1, -0.05) is 0 Å². The Labute approximate surface area is 132 Å². The molecule has 0 spiro atoms. The molecule has 0 radical (unpaired) electrons. The van der Waals surface area contributed by atoms with Crippen molar-refractivity contribution >= 4 is 16.6 Å². The van der Waals surface area contributed by atoms with Crippen molar-refractivity contribution in [2.24, 2.45) is 0 Å². The predicted octanol–water partition coefficient (Wildman–Crippen LogP) is 5.12. The molecule has 2 aromatic rings. The molecule has 0 unspecified atom stereocenters. The van der Waals surface area contributed by atoms with E-state index >= 15 is 0 Å². The summed E-state index contributed by atoms with van der Waals surface area (Å²) in [6.45, 7) is 2.29. The Morgan fingerprint density at radius 2 is 1.30 bits per heavy atom. The summed E-state index contributed by atoms with van der Waals surface area (Å²) in [6.07, 6.45) is 5.61. The van der Waals surface area contributed by atoms with Crippen molar-refractivity contribution < 1.29 is 18.1 Å². The molecule has 0 aliphatic rings. The maximum absolute atomic E-state index is 2.33. The van der Waals surface area contributed by atoms with Gasteiger partial charge in [0, 0.05) is 0 Å². The molecule has 0 fully saturated rings. The molecular weight excluding hydrogens is 343 g/mol. The van der Waals surface area contributed by atoms with Crippen molar-refractivity contribution in [3.05, 3.63) is 60.7 Å². The minimum absolute atomic E-state index is 0.0418. The molecule has 0 saturated heterocycles. The van der Waals surface area contributed by atoms with E-state index < -0.39 is 0 Å². The van der Waals surface area contributed by atoms with Crippen LogP contribution in [0.15, 0.2) is 60.7 Å². The molecule has 2 aromatic carbocycles. The number of rotatable bonds is 8. The zero-order valence-corrected chi connectivity index (χ0v) is 15.1.